The van der Waals surface area contributed by atoms with Gasteiger partial charge >= 0.3 is 0 Å². The summed E-state index contributed by atoms with van der Waals surface area (Å²) in [6, 6.07) is 17.0. The van der Waals surface area contributed by atoms with Gasteiger partial charge in [0.1, 0.15) is 5.41 Å². The predicted octanol–water partition coefficient (Wildman–Crippen LogP) is 3.86. The number of carbonyl (C=O) groups is 1. The average molecular weight is 458 g/mol. The molecule has 1 atom stereocenters. The highest BCUT2D eigenvalue weighted by molar-refractivity contribution is 8.09. The fraction of sp³-hybridized carbons (Fsp3) is 0.304. The van der Waals surface area contributed by atoms with Gasteiger partial charge in [0.15, 0.2) is 30.0 Å². The van der Waals surface area contributed by atoms with Crippen LogP contribution in [0.1, 0.15) is 32.1 Å². The summed E-state index contributed by atoms with van der Waals surface area (Å²) >= 11 is 0. The van der Waals surface area contributed by atoms with Crippen molar-refractivity contribution >= 4 is 25.5 Å². The number of rotatable bonds is 8. The number of hydrogen-bond acceptors (Lipinski definition) is 6. The van der Waals surface area contributed by atoms with E-state index >= 15 is 0 Å². The Labute approximate surface area is 183 Å². The van der Waals surface area contributed by atoms with Gasteiger partial charge in [-0.05, 0) is 49.9 Å². The van der Waals surface area contributed by atoms with Gasteiger partial charge < -0.3 is 0 Å². The minimum atomic E-state index is -4.21. The highest BCUT2D eigenvalue weighted by Gasteiger charge is 2.42. The Morgan fingerprint density at radius 3 is 1.84 bits per heavy atom. The van der Waals surface area contributed by atoms with Crippen LogP contribution in [-0.4, -0.2) is 27.2 Å². The van der Waals surface area contributed by atoms with Crippen molar-refractivity contribution in [2.45, 2.75) is 46.5 Å². The van der Waals surface area contributed by atoms with E-state index in [4.69, 9.17) is 0 Å². The second kappa shape index (κ2) is 9.16. The van der Waals surface area contributed by atoms with E-state index in [0.29, 0.717) is 19.3 Å². The molecule has 31 heavy (non-hydrogen) atoms. The maximum absolute atomic E-state index is 13.3. The Morgan fingerprint density at radius 1 is 0.903 bits per heavy atom. The molecule has 0 heterocycles. The summed E-state index contributed by atoms with van der Waals surface area (Å²) in [5.41, 5.74) is -1.09. The molecule has 2 aromatic rings. The van der Waals surface area contributed by atoms with Crippen LogP contribution < -0.4 is 0 Å². The Morgan fingerprint density at radius 2 is 1.42 bits per heavy atom. The van der Waals surface area contributed by atoms with E-state index in [1.165, 1.54) is 54.6 Å². The van der Waals surface area contributed by atoms with Crippen LogP contribution >= 0.6 is 0 Å². The SMILES string of the molecule is N#CC1(C/C=C/CC(S(=O)(=O)c2ccccc2)S(=O)(=O)c2ccccc2)CCCC1=O. The summed E-state index contributed by atoms with van der Waals surface area (Å²) in [5.74, 6) is -0.120. The monoisotopic (exact) mass is 457 g/mol. The quantitative estimate of drug-likeness (QED) is 0.557. The van der Waals surface area contributed by atoms with E-state index in [1.807, 2.05) is 0 Å². The van der Waals surface area contributed by atoms with Crippen molar-refractivity contribution in [1.82, 2.24) is 0 Å². The van der Waals surface area contributed by atoms with Gasteiger partial charge in [-0.2, -0.15) is 5.26 Å². The first kappa shape index (κ1) is 22.9. The van der Waals surface area contributed by atoms with E-state index in [1.54, 1.807) is 18.2 Å². The molecule has 0 aromatic heterocycles. The smallest absolute Gasteiger partial charge is 0.196 e. The number of nitriles is 1. The molecular weight excluding hydrogens is 434 g/mol. The molecule has 0 aliphatic heterocycles. The van der Waals surface area contributed by atoms with Gasteiger partial charge in [0.2, 0.25) is 0 Å². The number of nitrogens with zero attached hydrogens (tertiary/aromatic N) is 1. The van der Waals surface area contributed by atoms with Gasteiger partial charge in [0, 0.05) is 6.42 Å². The molecule has 0 radical (unpaired) electrons. The predicted molar refractivity (Wildman–Crippen MR) is 116 cm³/mol. The number of hydrogen-bond donors (Lipinski definition) is 0. The van der Waals surface area contributed by atoms with Gasteiger partial charge in [0.25, 0.3) is 0 Å². The summed E-state index contributed by atoms with van der Waals surface area (Å²) in [5, 5.41) is 9.45. The van der Waals surface area contributed by atoms with Gasteiger partial charge in [-0.3, -0.25) is 4.79 Å². The highest BCUT2D eigenvalue weighted by Crippen LogP contribution is 2.38. The summed E-state index contributed by atoms with van der Waals surface area (Å²) in [6.45, 7) is 0. The molecule has 0 N–H and O–H groups in total. The molecule has 1 unspecified atom stereocenters. The van der Waals surface area contributed by atoms with Gasteiger partial charge in [-0.1, -0.05) is 48.6 Å². The van der Waals surface area contributed by atoms with Crippen LogP contribution in [0.15, 0.2) is 82.6 Å². The largest absolute Gasteiger partial charge is 0.298 e. The van der Waals surface area contributed by atoms with Crippen LogP contribution in [0, 0.1) is 16.7 Å². The van der Waals surface area contributed by atoms with Gasteiger partial charge in [-0.25, -0.2) is 16.8 Å². The summed E-state index contributed by atoms with van der Waals surface area (Å²) in [7, 11) is -8.42. The van der Waals surface area contributed by atoms with Crippen LogP contribution in [0.3, 0.4) is 0 Å². The second-order valence-electron chi connectivity index (χ2n) is 7.53. The molecule has 2 aromatic carbocycles. The first-order valence-electron chi connectivity index (χ1n) is 9.91. The van der Waals surface area contributed by atoms with E-state index in [2.05, 4.69) is 6.07 Å². The third kappa shape index (κ3) is 4.63. The van der Waals surface area contributed by atoms with E-state index in [0.717, 1.165) is 0 Å². The van der Waals surface area contributed by atoms with Crippen molar-refractivity contribution in [3.8, 4) is 6.07 Å². The van der Waals surface area contributed by atoms with Gasteiger partial charge in [-0.15, -0.1) is 0 Å². The number of benzene rings is 2. The zero-order chi connectivity index (χ0) is 22.5. The van der Waals surface area contributed by atoms with Crippen molar-refractivity contribution in [1.29, 1.82) is 5.26 Å². The molecule has 0 spiro atoms. The molecule has 0 saturated heterocycles. The molecule has 0 bridgehead atoms. The molecular formula is C23H23NO5S2. The zero-order valence-corrected chi connectivity index (χ0v) is 18.5. The third-order valence-corrected chi connectivity index (χ3v) is 10.7. The van der Waals surface area contributed by atoms with Crippen LogP contribution in [0.5, 0.6) is 0 Å². The van der Waals surface area contributed by atoms with E-state index < -0.39 is 29.7 Å². The average Bonchev–Trinajstić information content (AvgIpc) is 3.15. The minimum absolute atomic E-state index is 0.0765. The summed E-state index contributed by atoms with van der Waals surface area (Å²) in [6.07, 6.45) is 4.33. The molecule has 1 aliphatic rings. The molecule has 1 aliphatic carbocycles. The van der Waals surface area contributed by atoms with Crippen molar-refractivity contribution in [2.75, 3.05) is 0 Å². The van der Waals surface area contributed by atoms with Crippen LogP contribution in [0.4, 0.5) is 0 Å². The Hall–Kier alpha value is -2.76. The molecule has 3 rings (SSSR count). The van der Waals surface area contributed by atoms with Crippen LogP contribution in [-0.2, 0) is 24.5 Å². The zero-order valence-electron chi connectivity index (χ0n) is 16.8. The van der Waals surface area contributed by atoms with Crippen LogP contribution in [0.25, 0.3) is 0 Å². The number of sulfone groups is 2. The number of Topliss-reactive ketones (excluding diaryl/α,β-unsaturated/α-hetero) is 1. The maximum Gasteiger partial charge on any atom is 0.196 e. The fourth-order valence-electron chi connectivity index (χ4n) is 3.75. The standard InChI is InChI=1S/C23H23NO5S2/c24-18-23(17-9-14-21(23)25)16-8-7-15-22(30(26,27)19-10-3-1-4-11-19)31(28,29)20-12-5-2-6-13-20/h1-8,10-13,22H,9,14-17H2/b8-7+. The Balaban J connectivity index is 1.94. The lowest BCUT2D eigenvalue weighted by molar-refractivity contribution is -0.123. The maximum atomic E-state index is 13.3. The first-order chi connectivity index (χ1) is 14.7. The third-order valence-electron chi connectivity index (χ3n) is 5.55. The molecule has 1 saturated carbocycles. The fourth-order valence-corrected chi connectivity index (χ4v) is 8.16. The molecule has 162 valence electrons. The summed E-state index contributed by atoms with van der Waals surface area (Å²) in [4.78, 5) is 11.9. The van der Waals surface area contributed by atoms with Crippen molar-refractivity contribution in [3.05, 3.63) is 72.8 Å². The summed E-state index contributed by atoms with van der Waals surface area (Å²) < 4.78 is 51.3. The number of ketones is 1. The van der Waals surface area contributed by atoms with Crippen molar-refractivity contribution < 1.29 is 21.6 Å². The Kier molecular flexibility index (Phi) is 6.77. The van der Waals surface area contributed by atoms with Gasteiger partial charge in [0.05, 0.1) is 15.9 Å². The van der Waals surface area contributed by atoms with Crippen molar-refractivity contribution in [2.24, 2.45) is 5.41 Å². The topological polar surface area (TPSA) is 109 Å². The highest BCUT2D eigenvalue weighted by atomic mass is 32.3. The lowest BCUT2D eigenvalue weighted by atomic mass is 9.83. The number of allylic oxidation sites excluding steroid dienone is 2. The molecule has 1 fully saturated rings. The normalized spacial score (nSPS) is 19.7. The second-order valence-corrected chi connectivity index (χ2v) is 12.1. The minimum Gasteiger partial charge on any atom is -0.298 e. The lowest BCUT2D eigenvalue weighted by Crippen LogP contribution is -2.30. The first-order valence-corrected chi connectivity index (χ1v) is 13.0. The van der Waals surface area contributed by atoms with Crippen LogP contribution in [0.2, 0.25) is 0 Å². The van der Waals surface area contributed by atoms with E-state index in [-0.39, 0.29) is 28.4 Å². The van der Waals surface area contributed by atoms with E-state index in [9.17, 15) is 26.9 Å². The molecule has 8 heteroatoms. The Bertz CT molecular complexity index is 1140. The molecule has 6 nitrogen and oxygen atoms in total. The number of carbonyl (C=O) groups excluding carboxylic acids is 1. The van der Waals surface area contributed by atoms with Crippen molar-refractivity contribution in [3.63, 3.8) is 0 Å². The molecule has 0 amide bonds. The lowest BCUT2D eigenvalue weighted by Gasteiger charge is -2.18.